The first kappa shape index (κ1) is 30.1. The van der Waals surface area contributed by atoms with Crippen molar-refractivity contribution in [2.24, 2.45) is 5.92 Å². The van der Waals surface area contributed by atoms with Crippen LogP contribution in [0.4, 0.5) is 4.79 Å². The Balaban J connectivity index is 1.97. The van der Waals surface area contributed by atoms with Gasteiger partial charge in [0, 0.05) is 12.1 Å². The maximum absolute atomic E-state index is 14.3. The summed E-state index contributed by atoms with van der Waals surface area (Å²) in [7, 11) is 0. The number of carbonyl (C=O) groups is 3. The molecule has 0 saturated heterocycles. The average Bonchev–Trinajstić information content (AvgIpc) is 3.56. The number of aryl methyl sites for hydroxylation is 1. The van der Waals surface area contributed by atoms with Crippen LogP contribution in [0, 0.1) is 12.8 Å². The molecule has 0 spiro atoms. The number of hydrogen-bond acceptors (Lipinski definition) is 6. The molecule has 0 aliphatic heterocycles. The van der Waals surface area contributed by atoms with Gasteiger partial charge in [-0.05, 0) is 94.6 Å². The number of amides is 3. The second-order valence-corrected chi connectivity index (χ2v) is 12.8. The number of ether oxygens (including phenoxy) is 1. The van der Waals surface area contributed by atoms with Gasteiger partial charge < -0.3 is 25.4 Å². The summed E-state index contributed by atoms with van der Waals surface area (Å²) < 4.78 is 5.46. The quantitative estimate of drug-likeness (QED) is 0.377. The molecule has 2 aliphatic rings. The monoisotopic (exact) mass is 547 g/mol. The van der Waals surface area contributed by atoms with Crippen molar-refractivity contribution >= 4 is 29.7 Å². The number of benzene rings is 1. The van der Waals surface area contributed by atoms with Crippen molar-refractivity contribution in [3.63, 3.8) is 0 Å². The van der Waals surface area contributed by atoms with Gasteiger partial charge in [0.15, 0.2) is 0 Å². The average molecular weight is 548 g/mol. The van der Waals surface area contributed by atoms with Crippen molar-refractivity contribution in [2.45, 2.75) is 109 Å². The molecule has 3 amide bonds. The number of thioether (sulfide) groups is 1. The Bertz CT molecular complexity index is 989. The number of carbonyl (C=O) groups excluding carboxylic acids is 3. The van der Waals surface area contributed by atoms with Crippen LogP contribution in [0.3, 0.4) is 0 Å². The lowest BCUT2D eigenvalue weighted by Gasteiger charge is -2.36. The van der Waals surface area contributed by atoms with E-state index in [-0.39, 0.29) is 35.6 Å². The molecule has 212 valence electrons. The van der Waals surface area contributed by atoms with Crippen LogP contribution in [-0.4, -0.2) is 63.6 Å². The summed E-state index contributed by atoms with van der Waals surface area (Å²) in [4.78, 5) is 42.6. The van der Waals surface area contributed by atoms with Gasteiger partial charge in [0.2, 0.25) is 11.8 Å². The molecule has 2 fully saturated rings. The molecular weight excluding hydrogens is 502 g/mol. The Morgan fingerprint density at radius 1 is 1.18 bits per heavy atom. The molecule has 0 heterocycles. The lowest BCUT2D eigenvalue weighted by molar-refractivity contribution is -0.143. The third-order valence-corrected chi connectivity index (χ3v) is 7.94. The van der Waals surface area contributed by atoms with Gasteiger partial charge in [0.05, 0.1) is 0 Å². The molecule has 3 rings (SSSR count). The van der Waals surface area contributed by atoms with Crippen molar-refractivity contribution in [3.05, 3.63) is 29.3 Å². The molecule has 8 nitrogen and oxygen atoms in total. The summed E-state index contributed by atoms with van der Waals surface area (Å²) in [6, 6.07) is 3.36. The molecule has 9 heteroatoms. The van der Waals surface area contributed by atoms with Gasteiger partial charge in [-0.25, -0.2) is 4.79 Å². The van der Waals surface area contributed by atoms with Crippen LogP contribution in [0.5, 0.6) is 5.75 Å². The van der Waals surface area contributed by atoms with E-state index in [0.29, 0.717) is 23.3 Å². The van der Waals surface area contributed by atoms with Crippen molar-refractivity contribution in [2.75, 3.05) is 12.0 Å². The van der Waals surface area contributed by atoms with Crippen LogP contribution < -0.4 is 10.6 Å². The summed E-state index contributed by atoms with van der Waals surface area (Å²) >= 11 is 1.59. The Hall–Kier alpha value is -2.42. The van der Waals surface area contributed by atoms with Crippen LogP contribution in [0.2, 0.25) is 0 Å². The Labute approximate surface area is 231 Å². The maximum Gasteiger partial charge on any atom is 0.408 e. The van der Waals surface area contributed by atoms with E-state index in [1.54, 1.807) is 62.6 Å². The minimum absolute atomic E-state index is 0.0812. The van der Waals surface area contributed by atoms with Crippen LogP contribution in [0.25, 0.3) is 0 Å². The molecule has 4 unspecified atom stereocenters. The highest BCUT2D eigenvalue weighted by Gasteiger charge is 2.48. The summed E-state index contributed by atoms with van der Waals surface area (Å²) in [6.45, 7) is 9.19. The molecule has 0 bridgehead atoms. The first-order chi connectivity index (χ1) is 17.9. The molecule has 3 N–H and O–H groups in total. The highest BCUT2D eigenvalue weighted by molar-refractivity contribution is 7.98. The molecule has 1 aromatic carbocycles. The highest BCUT2D eigenvalue weighted by atomic mass is 32.2. The van der Waals surface area contributed by atoms with Gasteiger partial charge >= 0.3 is 6.09 Å². The number of alkyl carbamates (subject to hydrolysis) is 1. The molecular formula is C29H45N3O5S. The van der Waals surface area contributed by atoms with Crippen LogP contribution in [0.1, 0.15) is 89.8 Å². The smallest absolute Gasteiger partial charge is 0.408 e. The van der Waals surface area contributed by atoms with Crippen LogP contribution in [0.15, 0.2) is 18.2 Å². The van der Waals surface area contributed by atoms with Crippen LogP contribution >= 0.6 is 11.8 Å². The van der Waals surface area contributed by atoms with Gasteiger partial charge in [-0.15, -0.1) is 0 Å². The van der Waals surface area contributed by atoms with Crippen molar-refractivity contribution in [1.82, 2.24) is 15.5 Å². The summed E-state index contributed by atoms with van der Waals surface area (Å²) in [6.07, 6.45) is 7.69. The van der Waals surface area contributed by atoms with Gasteiger partial charge in [-0.1, -0.05) is 32.3 Å². The number of phenolic OH excluding ortho intramolecular Hbond substituents is 1. The zero-order chi connectivity index (χ0) is 28.0. The lowest BCUT2D eigenvalue weighted by Crippen LogP contribution is -2.55. The van der Waals surface area contributed by atoms with Crippen LogP contribution in [-0.2, 0) is 14.3 Å². The van der Waals surface area contributed by atoms with E-state index in [1.807, 2.05) is 6.26 Å². The number of aromatic hydroxyl groups is 1. The number of rotatable bonds is 10. The van der Waals surface area contributed by atoms with Crippen molar-refractivity contribution < 1.29 is 24.2 Å². The molecule has 0 aromatic heterocycles. The van der Waals surface area contributed by atoms with E-state index in [1.165, 1.54) is 6.42 Å². The maximum atomic E-state index is 14.3. The summed E-state index contributed by atoms with van der Waals surface area (Å²) in [5, 5.41) is 16.2. The first-order valence-electron chi connectivity index (χ1n) is 13.8. The topological polar surface area (TPSA) is 108 Å². The zero-order valence-corrected chi connectivity index (χ0v) is 24.5. The lowest BCUT2D eigenvalue weighted by atomic mass is 9.94. The minimum atomic E-state index is -0.865. The van der Waals surface area contributed by atoms with Gasteiger partial charge in [-0.2, -0.15) is 11.8 Å². The third-order valence-electron chi connectivity index (χ3n) is 7.29. The zero-order valence-electron chi connectivity index (χ0n) is 23.7. The largest absolute Gasteiger partial charge is 0.508 e. The number of nitrogens with one attached hydrogen (secondary N) is 2. The minimum Gasteiger partial charge on any atom is -0.508 e. The molecule has 2 aliphatic carbocycles. The fourth-order valence-corrected chi connectivity index (χ4v) is 5.58. The second kappa shape index (κ2) is 13.1. The van der Waals surface area contributed by atoms with E-state index in [0.717, 1.165) is 32.1 Å². The standard InChI is InChI=1S/C29H45N3O5S/c1-18-17-23(18)32(27(35)22(14-15-38-6)31-28(36)37-29(3,4)5)25(20-12-13-24(33)19(2)16-20)26(34)30-21-10-8-7-9-11-21/h12-13,16,18,21-23,25,33H,7-11,14-15,17H2,1-6H3,(H,30,34)(H,31,36). The summed E-state index contributed by atoms with van der Waals surface area (Å²) in [5.41, 5.74) is 0.593. The van der Waals surface area contributed by atoms with E-state index in [2.05, 4.69) is 17.6 Å². The Morgan fingerprint density at radius 2 is 1.84 bits per heavy atom. The predicted octanol–water partition coefficient (Wildman–Crippen LogP) is 5.07. The van der Waals surface area contributed by atoms with Crippen molar-refractivity contribution in [3.8, 4) is 5.75 Å². The highest BCUT2D eigenvalue weighted by Crippen LogP contribution is 2.41. The van der Waals surface area contributed by atoms with E-state index in [4.69, 9.17) is 4.74 Å². The molecule has 38 heavy (non-hydrogen) atoms. The molecule has 4 atom stereocenters. The molecule has 2 saturated carbocycles. The molecule has 0 radical (unpaired) electrons. The van der Waals surface area contributed by atoms with Gasteiger partial charge in [0.25, 0.3) is 0 Å². The Kier molecular flexibility index (Phi) is 10.4. The second-order valence-electron chi connectivity index (χ2n) is 11.8. The van der Waals surface area contributed by atoms with E-state index >= 15 is 0 Å². The number of phenols is 1. The van der Waals surface area contributed by atoms with E-state index < -0.39 is 23.8 Å². The molecule has 1 aromatic rings. The first-order valence-corrected chi connectivity index (χ1v) is 15.2. The fraction of sp³-hybridized carbons (Fsp3) is 0.690. The third kappa shape index (κ3) is 8.29. The Morgan fingerprint density at radius 3 is 2.39 bits per heavy atom. The van der Waals surface area contributed by atoms with Crippen molar-refractivity contribution in [1.29, 1.82) is 0 Å². The van der Waals surface area contributed by atoms with Gasteiger partial charge in [0.1, 0.15) is 23.4 Å². The van der Waals surface area contributed by atoms with Gasteiger partial charge in [-0.3, -0.25) is 9.59 Å². The van der Waals surface area contributed by atoms with E-state index in [9.17, 15) is 19.5 Å². The summed E-state index contributed by atoms with van der Waals surface area (Å²) in [5.74, 6) is 0.550. The number of nitrogens with zero attached hydrogens (tertiary/aromatic N) is 1. The number of hydrogen-bond donors (Lipinski definition) is 3. The SMILES string of the molecule is CSCCC(NC(=O)OC(C)(C)C)C(=O)N(C(C(=O)NC1CCCCC1)c1ccc(O)c(C)c1)C1CC1C. The normalized spacial score (nSPS) is 21.2. The predicted molar refractivity (Wildman–Crippen MR) is 151 cm³/mol. The fourth-order valence-electron chi connectivity index (χ4n) is 5.11.